The maximum atomic E-state index is 11.8. The molecule has 0 aliphatic carbocycles. The Kier molecular flexibility index (Phi) is 5.46. The maximum absolute atomic E-state index is 11.8. The summed E-state index contributed by atoms with van der Waals surface area (Å²) >= 11 is 0. The monoisotopic (exact) mass is 374 g/mol. The first-order valence-electron chi connectivity index (χ1n) is 9.90. The molecule has 0 aliphatic rings. The van der Waals surface area contributed by atoms with E-state index in [1.54, 1.807) is 0 Å². The normalized spacial score (nSPS) is 12.4. The number of rotatable bonds is 5. The number of allylic oxidation sites excluding steroid dienone is 1. The second-order valence-corrected chi connectivity index (χ2v) is 8.29. The Balaban J connectivity index is 2.12. The van der Waals surface area contributed by atoms with Crippen molar-refractivity contribution in [3.05, 3.63) is 70.9 Å². The maximum Gasteiger partial charge on any atom is 0.150 e. The molecule has 0 aliphatic heterocycles. The van der Waals surface area contributed by atoms with Crippen molar-refractivity contribution < 1.29 is 4.79 Å². The van der Waals surface area contributed by atoms with Crippen molar-refractivity contribution in [1.29, 1.82) is 0 Å². The van der Waals surface area contributed by atoms with E-state index in [-0.39, 0.29) is 5.41 Å². The fourth-order valence-corrected chi connectivity index (χ4v) is 3.72. The van der Waals surface area contributed by atoms with E-state index < -0.39 is 0 Å². The van der Waals surface area contributed by atoms with Gasteiger partial charge in [-0.25, -0.2) is 0 Å². The molecule has 0 saturated carbocycles. The second kappa shape index (κ2) is 7.67. The summed E-state index contributed by atoms with van der Waals surface area (Å²) in [7, 11) is 2.09. The zero-order valence-corrected chi connectivity index (χ0v) is 17.8. The van der Waals surface area contributed by atoms with Gasteiger partial charge in [0, 0.05) is 29.2 Å². The van der Waals surface area contributed by atoms with Crippen LogP contribution in [0.4, 0.5) is 5.69 Å². The number of nitrogens with zero attached hydrogens (tertiary/aromatic N) is 1. The molecule has 3 nitrogen and oxygen atoms in total. The number of carbonyl (C=O) groups excluding carboxylic acids is 1. The number of aromatic nitrogens is 1. The molecule has 0 fully saturated rings. The second-order valence-electron chi connectivity index (χ2n) is 8.29. The molecule has 0 radical (unpaired) electrons. The number of aryl methyl sites for hydroxylation is 1. The summed E-state index contributed by atoms with van der Waals surface area (Å²) in [6, 6.07) is 14.8. The molecule has 2 aromatic carbocycles. The van der Waals surface area contributed by atoms with Crippen molar-refractivity contribution in [2.75, 3.05) is 5.32 Å². The number of para-hydroxylation sites is 1. The molecule has 3 rings (SSSR count). The van der Waals surface area contributed by atoms with Gasteiger partial charge < -0.3 is 9.88 Å². The van der Waals surface area contributed by atoms with Gasteiger partial charge in [-0.1, -0.05) is 52.0 Å². The van der Waals surface area contributed by atoms with Gasteiger partial charge in [0.15, 0.2) is 0 Å². The van der Waals surface area contributed by atoms with Gasteiger partial charge in [0.1, 0.15) is 6.29 Å². The summed E-state index contributed by atoms with van der Waals surface area (Å²) in [6.07, 6.45) is 3.87. The minimum atomic E-state index is -0.0315. The van der Waals surface area contributed by atoms with Crippen molar-refractivity contribution in [3.8, 4) is 0 Å². The molecule has 1 N–H and O–H groups in total. The van der Waals surface area contributed by atoms with Crippen LogP contribution in [0.15, 0.2) is 48.5 Å². The third-order valence-corrected chi connectivity index (χ3v) is 5.42. The highest BCUT2D eigenvalue weighted by atomic mass is 16.1. The summed E-state index contributed by atoms with van der Waals surface area (Å²) in [5, 5.41) is 4.85. The minimum absolute atomic E-state index is 0.0315. The van der Waals surface area contributed by atoms with E-state index in [2.05, 4.69) is 87.1 Å². The van der Waals surface area contributed by atoms with Crippen LogP contribution in [0.3, 0.4) is 0 Å². The van der Waals surface area contributed by atoms with Crippen LogP contribution < -0.4 is 5.32 Å². The Morgan fingerprint density at radius 1 is 1.14 bits per heavy atom. The summed E-state index contributed by atoms with van der Waals surface area (Å²) in [5.41, 5.74) is 7.32. The SMILES string of the molecule is C/C=C(\Nc1cc(C(C)(C)C)cc(C=O)c1CC)c1cc2ccccc2n1C. The molecule has 28 heavy (non-hydrogen) atoms. The van der Waals surface area contributed by atoms with Gasteiger partial charge in [-0.3, -0.25) is 4.79 Å². The summed E-state index contributed by atoms with van der Waals surface area (Å²) in [6.45, 7) is 10.7. The average Bonchev–Trinajstić information content (AvgIpc) is 3.01. The lowest BCUT2D eigenvalue weighted by molar-refractivity contribution is 0.112. The number of hydrogen-bond donors (Lipinski definition) is 1. The highest BCUT2D eigenvalue weighted by Crippen LogP contribution is 2.33. The lowest BCUT2D eigenvalue weighted by atomic mass is 9.84. The zero-order chi connectivity index (χ0) is 20.5. The molecule has 0 bridgehead atoms. The Hall–Kier alpha value is -2.81. The van der Waals surface area contributed by atoms with Crippen molar-refractivity contribution in [3.63, 3.8) is 0 Å². The lowest BCUT2D eigenvalue weighted by Crippen LogP contribution is -2.14. The Morgan fingerprint density at radius 3 is 2.43 bits per heavy atom. The smallest absolute Gasteiger partial charge is 0.150 e. The van der Waals surface area contributed by atoms with Crippen LogP contribution in [0.1, 0.15) is 61.8 Å². The quantitative estimate of drug-likeness (QED) is 0.530. The van der Waals surface area contributed by atoms with Gasteiger partial charge in [0.25, 0.3) is 0 Å². The Morgan fingerprint density at radius 2 is 1.86 bits per heavy atom. The van der Waals surface area contributed by atoms with Crippen LogP contribution in [0.2, 0.25) is 0 Å². The van der Waals surface area contributed by atoms with E-state index >= 15 is 0 Å². The van der Waals surface area contributed by atoms with E-state index in [1.807, 2.05) is 13.0 Å². The predicted molar refractivity (Wildman–Crippen MR) is 120 cm³/mol. The Bertz CT molecular complexity index is 1050. The van der Waals surface area contributed by atoms with Gasteiger partial charge >= 0.3 is 0 Å². The van der Waals surface area contributed by atoms with E-state index in [1.165, 1.54) is 10.9 Å². The van der Waals surface area contributed by atoms with Gasteiger partial charge in [0.2, 0.25) is 0 Å². The molecule has 0 unspecified atom stereocenters. The van der Waals surface area contributed by atoms with Crippen LogP contribution in [0.5, 0.6) is 0 Å². The van der Waals surface area contributed by atoms with Gasteiger partial charge in [-0.15, -0.1) is 0 Å². The first-order chi connectivity index (χ1) is 13.3. The fraction of sp³-hybridized carbons (Fsp3) is 0.320. The first kappa shape index (κ1) is 19.9. The molecule has 0 atom stereocenters. The highest BCUT2D eigenvalue weighted by Gasteiger charge is 2.19. The topological polar surface area (TPSA) is 34.0 Å². The molecule has 0 spiro atoms. The summed E-state index contributed by atoms with van der Waals surface area (Å²) in [5.74, 6) is 0. The number of benzene rings is 2. The predicted octanol–water partition coefficient (Wildman–Crippen LogP) is 6.32. The molecule has 0 amide bonds. The van der Waals surface area contributed by atoms with Crippen LogP contribution in [0.25, 0.3) is 16.6 Å². The van der Waals surface area contributed by atoms with Crippen molar-refractivity contribution in [2.24, 2.45) is 7.05 Å². The largest absolute Gasteiger partial charge is 0.354 e. The molecule has 3 heteroatoms. The standard InChI is InChI=1S/C25H30N2O/c1-7-20-18(16-28)13-19(25(3,4)5)15-22(20)26-21(8-2)24-14-17-11-9-10-12-23(17)27(24)6/h8-16,26H,7H2,1-6H3/b21-8-. The van der Waals surface area contributed by atoms with Gasteiger partial charge in [-0.2, -0.15) is 0 Å². The Labute approximate surface area is 168 Å². The van der Waals surface area contributed by atoms with Crippen molar-refractivity contribution in [2.45, 2.75) is 46.5 Å². The molecule has 1 aromatic heterocycles. The molecule has 3 aromatic rings. The molecule has 0 saturated heterocycles. The third kappa shape index (κ3) is 3.62. The van der Waals surface area contributed by atoms with E-state index in [0.717, 1.165) is 46.5 Å². The van der Waals surface area contributed by atoms with Crippen LogP contribution >= 0.6 is 0 Å². The first-order valence-corrected chi connectivity index (χ1v) is 9.90. The number of aldehydes is 1. The lowest BCUT2D eigenvalue weighted by Gasteiger charge is -2.24. The molecule has 1 heterocycles. The zero-order valence-electron chi connectivity index (χ0n) is 17.8. The van der Waals surface area contributed by atoms with Crippen LogP contribution in [-0.2, 0) is 18.9 Å². The number of fused-ring (bicyclic) bond motifs is 1. The number of hydrogen-bond acceptors (Lipinski definition) is 2. The molecule has 146 valence electrons. The van der Waals surface area contributed by atoms with Crippen molar-refractivity contribution >= 4 is 28.6 Å². The number of carbonyl (C=O) groups is 1. The van der Waals surface area contributed by atoms with Crippen molar-refractivity contribution in [1.82, 2.24) is 4.57 Å². The summed E-state index contributed by atoms with van der Waals surface area (Å²) in [4.78, 5) is 11.8. The third-order valence-electron chi connectivity index (χ3n) is 5.42. The number of anilines is 1. The van der Waals surface area contributed by atoms with E-state index in [9.17, 15) is 4.79 Å². The van der Waals surface area contributed by atoms with Crippen LogP contribution in [-0.4, -0.2) is 10.9 Å². The fourth-order valence-electron chi connectivity index (χ4n) is 3.72. The van der Waals surface area contributed by atoms with Crippen LogP contribution in [0, 0.1) is 0 Å². The van der Waals surface area contributed by atoms with E-state index in [4.69, 9.17) is 0 Å². The van der Waals surface area contributed by atoms with Gasteiger partial charge in [-0.05, 0) is 54.2 Å². The number of nitrogens with one attached hydrogen (secondary N) is 1. The highest BCUT2D eigenvalue weighted by molar-refractivity contribution is 5.90. The average molecular weight is 375 g/mol. The van der Waals surface area contributed by atoms with E-state index in [0.29, 0.717) is 0 Å². The minimum Gasteiger partial charge on any atom is -0.354 e. The molecular weight excluding hydrogens is 344 g/mol. The molecular formula is C25H30N2O. The summed E-state index contributed by atoms with van der Waals surface area (Å²) < 4.78 is 2.21. The van der Waals surface area contributed by atoms with Gasteiger partial charge in [0.05, 0.1) is 11.4 Å².